The van der Waals surface area contributed by atoms with E-state index in [0.717, 1.165) is 33.0 Å². The van der Waals surface area contributed by atoms with Gasteiger partial charge in [0.25, 0.3) is 0 Å². The first-order chi connectivity index (χ1) is 9.02. The van der Waals surface area contributed by atoms with E-state index >= 15 is 0 Å². The number of rotatable bonds is 4. The van der Waals surface area contributed by atoms with E-state index in [1.54, 1.807) is 0 Å². The molecule has 0 radical (unpaired) electrons. The normalized spacial score (nSPS) is 10.8. The van der Waals surface area contributed by atoms with Crippen LogP contribution in [0.15, 0.2) is 16.6 Å². The Morgan fingerprint density at radius 1 is 1.32 bits per heavy atom. The van der Waals surface area contributed by atoms with Crippen molar-refractivity contribution in [2.75, 3.05) is 0 Å². The van der Waals surface area contributed by atoms with Crippen molar-refractivity contribution < 1.29 is 4.74 Å². The summed E-state index contributed by atoms with van der Waals surface area (Å²) in [5.41, 5.74) is 3.87. The summed E-state index contributed by atoms with van der Waals surface area (Å²) in [5, 5.41) is 5.02. The number of alkyl halides is 1. The van der Waals surface area contributed by atoms with Crippen LogP contribution in [-0.2, 0) is 19.0 Å². The van der Waals surface area contributed by atoms with Gasteiger partial charge in [-0.2, -0.15) is 5.10 Å². The molecule has 2 heterocycles. The second-order valence-electron chi connectivity index (χ2n) is 4.29. The molecule has 6 heteroatoms. The topological polar surface area (TPSA) is 39.9 Å². The first-order valence-corrected chi connectivity index (χ1v) is 7.77. The van der Waals surface area contributed by atoms with Crippen LogP contribution in [0.3, 0.4) is 0 Å². The number of aryl methyl sites for hydroxylation is 3. The zero-order chi connectivity index (χ0) is 14.0. The largest absolute Gasteiger partial charge is 0.485 e. The molecular formula is C13H15Br2N3O. The maximum atomic E-state index is 5.86. The van der Waals surface area contributed by atoms with Crippen LogP contribution in [0.1, 0.15) is 22.8 Å². The maximum Gasteiger partial charge on any atom is 0.142 e. The summed E-state index contributed by atoms with van der Waals surface area (Å²) in [4.78, 5) is 4.45. The Kier molecular flexibility index (Phi) is 4.62. The molecule has 102 valence electrons. The predicted octanol–water partition coefficient (Wildman–Crippen LogP) is 3.67. The van der Waals surface area contributed by atoms with E-state index in [9.17, 15) is 0 Å². The van der Waals surface area contributed by atoms with Crippen molar-refractivity contribution in [2.45, 2.75) is 25.8 Å². The first kappa shape index (κ1) is 14.5. The number of ether oxygens (including phenoxy) is 1. The van der Waals surface area contributed by atoms with E-state index in [4.69, 9.17) is 4.74 Å². The van der Waals surface area contributed by atoms with Crippen molar-refractivity contribution in [1.29, 1.82) is 0 Å². The number of hydrogen-bond donors (Lipinski definition) is 0. The molecular weight excluding hydrogens is 374 g/mol. The van der Waals surface area contributed by atoms with Crippen molar-refractivity contribution in [3.05, 3.63) is 39.4 Å². The Hall–Kier alpha value is -0.880. The van der Waals surface area contributed by atoms with Gasteiger partial charge in [-0.25, -0.2) is 0 Å². The van der Waals surface area contributed by atoms with Gasteiger partial charge >= 0.3 is 0 Å². The summed E-state index contributed by atoms with van der Waals surface area (Å²) >= 11 is 6.97. The van der Waals surface area contributed by atoms with Gasteiger partial charge in [-0.1, -0.05) is 15.9 Å². The molecule has 0 saturated carbocycles. The molecule has 2 aromatic heterocycles. The molecule has 0 fully saturated rings. The molecule has 0 bridgehead atoms. The van der Waals surface area contributed by atoms with Gasteiger partial charge in [0.15, 0.2) is 0 Å². The van der Waals surface area contributed by atoms with Crippen LogP contribution in [0, 0.1) is 13.8 Å². The fourth-order valence-corrected chi connectivity index (χ4v) is 2.66. The molecule has 0 saturated heterocycles. The summed E-state index contributed by atoms with van der Waals surface area (Å²) < 4.78 is 8.68. The van der Waals surface area contributed by atoms with Crippen LogP contribution in [0.2, 0.25) is 0 Å². The van der Waals surface area contributed by atoms with Crippen molar-refractivity contribution in [3.63, 3.8) is 0 Å². The highest BCUT2D eigenvalue weighted by atomic mass is 79.9. The van der Waals surface area contributed by atoms with Crippen molar-refractivity contribution in [2.24, 2.45) is 7.05 Å². The van der Waals surface area contributed by atoms with Crippen LogP contribution in [0.4, 0.5) is 0 Å². The van der Waals surface area contributed by atoms with Gasteiger partial charge in [0.1, 0.15) is 12.4 Å². The van der Waals surface area contributed by atoms with E-state index in [1.165, 1.54) is 0 Å². The van der Waals surface area contributed by atoms with Gasteiger partial charge in [-0.3, -0.25) is 9.67 Å². The van der Waals surface area contributed by atoms with Crippen LogP contribution in [0.5, 0.6) is 5.75 Å². The van der Waals surface area contributed by atoms with E-state index in [1.807, 2.05) is 37.7 Å². The highest BCUT2D eigenvalue weighted by Crippen LogP contribution is 2.24. The Morgan fingerprint density at radius 2 is 2.05 bits per heavy atom. The Morgan fingerprint density at radius 3 is 2.63 bits per heavy atom. The van der Waals surface area contributed by atoms with Gasteiger partial charge in [0, 0.05) is 18.1 Å². The Labute approximate surface area is 129 Å². The summed E-state index contributed by atoms with van der Waals surface area (Å²) in [5.74, 6) is 0.799. The minimum Gasteiger partial charge on any atom is -0.485 e. The standard InChI is InChI=1S/C13H15Br2N3O/c1-8-4-5-12(10(6-14)16-8)19-7-11-13(15)9(2)17-18(11)3/h4-5H,6-7H2,1-3H3. The molecule has 2 rings (SSSR count). The summed E-state index contributed by atoms with van der Waals surface area (Å²) in [6.45, 7) is 4.39. The van der Waals surface area contributed by atoms with Gasteiger partial charge in [0.2, 0.25) is 0 Å². The molecule has 4 nitrogen and oxygen atoms in total. The molecule has 2 aromatic rings. The summed E-state index contributed by atoms with van der Waals surface area (Å²) in [7, 11) is 1.91. The molecule has 0 spiro atoms. The molecule has 0 aliphatic carbocycles. The SMILES string of the molecule is Cc1ccc(OCc2c(Br)c(C)nn2C)c(CBr)n1. The third kappa shape index (κ3) is 3.17. The van der Waals surface area contributed by atoms with Crippen LogP contribution >= 0.6 is 31.9 Å². The third-order valence-electron chi connectivity index (χ3n) is 2.82. The molecule has 0 N–H and O–H groups in total. The molecule has 0 aliphatic rings. The minimum absolute atomic E-state index is 0.461. The van der Waals surface area contributed by atoms with Crippen LogP contribution < -0.4 is 4.74 Å². The molecule has 0 aromatic carbocycles. The van der Waals surface area contributed by atoms with E-state index < -0.39 is 0 Å². The molecule has 0 amide bonds. The highest BCUT2D eigenvalue weighted by Gasteiger charge is 2.12. The first-order valence-electron chi connectivity index (χ1n) is 5.86. The highest BCUT2D eigenvalue weighted by molar-refractivity contribution is 9.10. The quantitative estimate of drug-likeness (QED) is 0.750. The third-order valence-corrected chi connectivity index (χ3v) is 4.39. The van der Waals surface area contributed by atoms with Crippen LogP contribution in [0.25, 0.3) is 0 Å². The predicted molar refractivity (Wildman–Crippen MR) is 81.6 cm³/mol. The van der Waals surface area contributed by atoms with Gasteiger partial charge in [-0.05, 0) is 41.9 Å². The second-order valence-corrected chi connectivity index (χ2v) is 5.64. The molecule has 0 aliphatic heterocycles. The maximum absolute atomic E-state index is 5.86. The number of nitrogens with zero attached hydrogens (tertiary/aromatic N) is 3. The second kappa shape index (κ2) is 6.05. The monoisotopic (exact) mass is 387 g/mol. The summed E-state index contributed by atoms with van der Waals surface area (Å²) in [6.07, 6.45) is 0. The van der Waals surface area contributed by atoms with Crippen LogP contribution in [-0.4, -0.2) is 14.8 Å². The lowest BCUT2D eigenvalue weighted by molar-refractivity contribution is 0.290. The fraction of sp³-hybridized carbons (Fsp3) is 0.385. The smallest absolute Gasteiger partial charge is 0.142 e. The number of halogens is 2. The average molecular weight is 389 g/mol. The zero-order valence-electron chi connectivity index (χ0n) is 11.1. The van der Waals surface area contributed by atoms with E-state index in [2.05, 4.69) is 41.9 Å². The Balaban J connectivity index is 2.19. The van der Waals surface area contributed by atoms with Crippen molar-refractivity contribution in [3.8, 4) is 5.75 Å². The lowest BCUT2D eigenvalue weighted by atomic mass is 10.3. The number of hydrogen-bond acceptors (Lipinski definition) is 3. The lowest BCUT2D eigenvalue weighted by Crippen LogP contribution is -2.05. The Bertz CT molecular complexity index is 596. The molecule has 0 unspecified atom stereocenters. The van der Waals surface area contributed by atoms with Gasteiger partial charge in [-0.15, -0.1) is 0 Å². The minimum atomic E-state index is 0.461. The average Bonchev–Trinajstić information content (AvgIpc) is 2.62. The zero-order valence-corrected chi connectivity index (χ0v) is 14.2. The molecule has 19 heavy (non-hydrogen) atoms. The van der Waals surface area contributed by atoms with Crippen molar-refractivity contribution >= 4 is 31.9 Å². The molecule has 0 atom stereocenters. The van der Waals surface area contributed by atoms with Gasteiger partial charge in [0.05, 0.1) is 21.6 Å². The summed E-state index contributed by atoms with van der Waals surface area (Å²) in [6, 6.07) is 3.90. The lowest BCUT2D eigenvalue weighted by Gasteiger charge is -2.10. The fourth-order valence-electron chi connectivity index (χ4n) is 1.81. The van der Waals surface area contributed by atoms with Gasteiger partial charge < -0.3 is 4.74 Å². The van der Waals surface area contributed by atoms with E-state index in [-0.39, 0.29) is 0 Å². The van der Waals surface area contributed by atoms with E-state index in [0.29, 0.717) is 11.9 Å². The number of aromatic nitrogens is 3. The number of pyridine rings is 1. The van der Waals surface area contributed by atoms with Crippen molar-refractivity contribution in [1.82, 2.24) is 14.8 Å².